The van der Waals surface area contributed by atoms with Crippen molar-refractivity contribution in [3.63, 3.8) is 0 Å². The van der Waals surface area contributed by atoms with Gasteiger partial charge in [-0.15, -0.1) is 0 Å². The van der Waals surface area contributed by atoms with Crippen LogP contribution in [0.15, 0.2) is 48.5 Å². The molecule has 0 aliphatic heterocycles. The Morgan fingerprint density at radius 3 is 2.48 bits per heavy atom. The zero-order valence-electron chi connectivity index (χ0n) is 14.8. The van der Waals surface area contributed by atoms with E-state index in [-0.39, 0.29) is 5.69 Å². The van der Waals surface area contributed by atoms with Gasteiger partial charge in [0.1, 0.15) is 6.04 Å². The molecule has 2 amide bonds. The molecule has 0 saturated carbocycles. The number of anilines is 1. The molecular weight excluding hydrogens is 348 g/mol. The number of rotatable bonds is 5. The number of H-pyrrole nitrogens is 1. The van der Waals surface area contributed by atoms with Gasteiger partial charge in [-0.3, -0.25) is 14.7 Å². The maximum absolute atomic E-state index is 12.4. The van der Waals surface area contributed by atoms with Crippen molar-refractivity contribution >= 4 is 34.4 Å². The number of para-hydroxylation sites is 1. The largest absolute Gasteiger partial charge is 0.465 e. The van der Waals surface area contributed by atoms with Crippen LogP contribution in [0.2, 0.25) is 0 Å². The maximum Gasteiger partial charge on any atom is 0.337 e. The van der Waals surface area contributed by atoms with Gasteiger partial charge < -0.3 is 15.4 Å². The molecule has 0 bridgehead atoms. The lowest BCUT2D eigenvalue weighted by Gasteiger charge is -2.13. The number of ether oxygens (including phenoxy) is 1. The molecule has 3 N–H and O–H groups in total. The van der Waals surface area contributed by atoms with Crippen LogP contribution in [-0.2, 0) is 9.53 Å². The van der Waals surface area contributed by atoms with Gasteiger partial charge in [0.2, 0.25) is 5.91 Å². The minimum Gasteiger partial charge on any atom is -0.465 e. The average Bonchev–Trinajstić information content (AvgIpc) is 3.12. The summed E-state index contributed by atoms with van der Waals surface area (Å²) in [5, 5.41) is 12.8. The first kappa shape index (κ1) is 18.1. The number of amides is 2. The second kappa shape index (κ2) is 7.69. The average molecular weight is 366 g/mol. The number of nitrogens with one attached hydrogen (secondary N) is 3. The number of carbonyl (C=O) groups excluding carboxylic acids is 3. The van der Waals surface area contributed by atoms with E-state index < -0.39 is 23.8 Å². The number of nitrogens with zero attached hydrogens (tertiary/aromatic N) is 1. The van der Waals surface area contributed by atoms with Crippen molar-refractivity contribution < 1.29 is 19.1 Å². The highest BCUT2D eigenvalue weighted by Gasteiger charge is 2.20. The highest BCUT2D eigenvalue weighted by atomic mass is 16.5. The Labute approximate surface area is 154 Å². The molecule has 27 heavy (non-hydrogen) atoms. The Hall–Kier alpha value is -3.68. The lowest BCUT2D eigenvalue weighted by Crippen LogP contribution is -2.41. The number of methoxy groups -OCH3 is 1. The van der Waals surface area contributed by atoms with Crippen LogP contribution in [-0.4, -0.2) is 41.1 Å². The normalized spacial score (nSPS) is 11.6. The molecule has 0 aliphatic carbocycles. The second-order valence-electron chi connectivity index (χ2n) is 5.87. The van der Waals surface area contributed by atoms with Gasteiger partial charge >= 0.3 is 5.97 Å². The van der Waals surface area contributed by atoms with Crippen molar-refractivity contribution in [3.05, 3.63) is 59.8 Å². The number of fused-ring (bicyclic) bond motifs is 1. The fourth-order valence-electron chi connectivity index (χ4n) is 2.53. The molecular formula is C19H18N4O4. The Morgan fingerprint density at radius 1 is 1.07 bits per heavy atom. The molecule has 1 atom stereocenters. The summed E-state index contributed by atoms with van der Waals surface area (Å²) in [6, 6.07) is 12.7. The van der Waals surface area contributed by atoms with E-state index in [2.05, 4.69) is 25.6 Å². The Kier molecular flexibility index (Phi) is 5.16. The third kappa shape index (κ3) is 3.95. The van der Waals surface area contributed by atoms with E-state index in [0.29, 0.717) is 16.6 Å². The number of hydrogen-bond donors (Lipinski definition) is 3. The Bertz CT molecular complexity index is 994. The monoisotopic (exact) mass is 366 g/mol. The lowest BCUT2D eigenvalue weighted by molar-refractivity contribution is -0.117. The quantitative estimate of drug-likeness (QED) is 0.599. The summed E-state index contributed by atoms with van der Waals surface area (Å²) in [5.41, 5.74) is 1.85. The molecule has 3 rings (SSSR count). The number of benzene rings is 2. The van der Waals surface area contributed by atoms with Crippen molar-refractivity contribution in [1.29, 1.82) is 0 Å². The molecule has 8 nitrogen and oxygen atoms in total. The molecule has 1 heterocycles. The Morgan fingerprint density at radius 2 is 1.78 bits per heavy atom. The second-order valence-corrected chi connectivity index (χ2v) is 5.87. The van der Waals surface area contributed by atoms with Crippen molar-refractivity contribution in [1.82, 2.24) is 15.5 Å². The van der Waals surface area contributed by atoms with Crippen molar-refractivity contribution in [2.24, 2.45) is 0 Å². The van der Waals surface area contributed by atoms with Gasteiger partial charge in [-0.2, -0.15) is 5.10 Å². The van der Waals surface area contributed by atoms with Gasteiger partial charge in [0.25, 0.3) is 5.91 Å². The third-order valence-electron chi connectivity index (χ3n) is 4.00. The van der Waals surface area contributed by atoms with E-state index in [1.165, 1.54) is 7.11 Å². The van der Waals surface area contributed by atoms with Gasteiger partial charge in [0, 0.05) is 11.1 Å². The fraction of sp³-hybridized carbons (Fsp3) is 0.158. The van der Waals surface area contributed by atoms with Crippen LogP contribution in [0.5, 0.6) is 0 Å². The summed E-state index contributed by atoms with van der Waals surface area (Å²) in [5.74, 6) is -1.30. The fourth-order valence-corrected chi connectivity index (χ4v) is 2.53. The number of aromatic nitrogens is 2. The van der Waals surface area contributed by atoms with Gasteiger partial charge in [0.15, 0.2) is 5.69 Å². The van der Waals surface area contributed by atoms with Gasteiger partial charge in [-0.1, -0.05) is 18.2 Å². The highest BCUT2D eigenvalue weighted by Crippen LogP contribution is 2.15. The molecule has 8 heteroatoms. The topological polar surface area (TPSA) is 113 Å². The highest BCUT2D eigenvalue weighted by molar-refractivity contribution is 6.07. The summed E-state index contributed by atoms with van der Waals surface area (Å²) >= 11 is 0. The van der Waals surface area contributed by atoms with E-state index in [1.54, 1.807) is 37.3 Å². The molecule has 138 valence electrons. The summed E-state index contributed by atoms with van der Waals surface area (Å²) < 4.78 is 4.62. The minimum atomic E-state index is -0.784. The van der Waals surface area contributed by atoms with Gasteiger partial charge in [0.05, 0.1) is 18.2 Å². The number of hydrogen-bond acceptors (Lipinski definition) is 5. The van der Waals surface area contributed by atoms with Crippen LogP contribution in [0.3, 0.4) is 0 Å². The van der Waals surface area contributed by atoms with E-state index >= 15 is 0 Å². The molecule has 0 spiro atoms. The van der Waals surface area contributed by atoms with Crippen LogP contribution in [0.4, 0.5) is 5.69 Å². The van der Waals surface area contributed by atoms with Crippen molar-refractivity contribution in [2.75, 3.05) is 12.4 Å². The number of esters is 1. The standard InChI is InChI=1S/C19H18N4O4/c1-11(17(24)21-13-9-7-12(8-10-13)19(26)27-2)20-18(25)16-14-5-3-4-6-15(14)22-23-16/h3-11H,1-2H3,(H,20,25)(H,21,24)(H,22,23). The lowest BCUT2D eigenvalue weighted by atomic mass is 10.2. The van der Waals surface area contributed by atoms with E-state index in [0.717, 1.165) is 5.52 Å². The summed E-state index contributed by atoms with van der Waals surface area (Å²) in [4.78, 5) is 36.1. The number of carbonyl (C=O) groups is 3. The van der Waals surface area contributed by atoms with Crippen LogP contribution in [0.25, 0.3) is 10.9 Å². The smallest absolute Gasteiger partial charge is 0.337 e. The van der Waals surface area contributed by atoms with Crippen LogP contribution in [0, 0.1) is 0 Å². The zero-order valence-corrected chi connectivity index (χ0v) is 14.8. The molecule has 3 aromatic rings. The summed E-state index contributed by atoms with van der Waals surface area (Å²) in [7, 11) is 1.30. The first-order valence-corrected chi connectivity index (χ1v) is 8.23. The van der Waals surface area contributed by atoms with Crippen LogP contribution < -0.4 is 10.6 Å². The molecule has 0 aliphatic rings. The molecule has 0 fully saturated rings. The molecule has 0 radical (unpaired) electrons. The van der Waals surface area contributed by atoms with Gasteiger partial charge in [-0.25, -0.2) is 4.79 Å². The SMILES string of the molecule is COC(=O)c1ccc(NC(=O)C(C)NC(=O)c2n[nH]c3ccccc23)cc1. The van der Waals surface area contributed by atoms with E-state index in [4.69, 9.17) is 0 Å². The van der Waals surface area contributed by atoms with Crippen LogP contribution >= 0.6 is 0 Å². The first-order valence-electron chi connectivity index (χ1n) is 8.23. The minimum absolute atomic E-state index is 0.229. The van der Waals surface area contributed by atoms with Crippen molar-refractivity contribution in [2.45, 2.75) is 13.0 Å². The Balaban J connectivity index is 1.63. The molecule has 1 unspecified atom stereocenters. The summed E-state index contributed by atoms with van der Waals surface area (Å²) in [6.07, 6.45) is 0. The number of aromatic amines is 1. The zero-order chi connectivity index (χ0) is 19.4. The van der Waals surface area contributed by atoms with Crippen LogP contribution in [0.1, 0.15) is 27.8 Å². The van der Waals surface area contributed by atoms with E-state index in [1.807, 2.05) is 18.2 Å². The molecule has 0 saturated heterocycles. The van der Waals surface area contributed by atoms with Crippen molar-refractivity contribution in [3.8, 4) is 0 Å². The van der Waals surface area contributed by atoms with Gasteiger partial charge in [-0.05, 0) is 37.3 Å². The third-order valence-corrected chi connectivity index (χ3v) is 4.00. The molecule has 2 aromatic carbocycles. The predicted octanol–water partition coefficient (Wildman–Crippen LogP) is 2.11. The summed E-state index contributed by atoms with van der Waals surface area (Å²) in [6.45, 7) is 1.57. The first-order chi connectivity index (χ1) is 13.0. The predicted molar refractivity (Wildman–Crippen MR) is 99.4 cm³/mol. The maximum atomic E-state index is 12.4. The molecule has 1 aromatic heterocycles. The van der Waals surface area contributed by atoms with E-state index in [9.17, 15) is 14.4 Å².